The molecule has 0 aliphatic carbocycles. The standard InChI is InChI=1S/C18H19N3OS/c1-11(2)21(18(22)17-12(3)20-13(4)23-17)15-9-14-7-5-6-8-16(14)19-10-15/h5-11H,1-4H3. The highest BCUT2D eigenvalue weighted by Crippen LogP contribution is 2.26. The van der Waals surface area contributed by atoms with Crippen molar-refractivity contribution in [2.24, 2.45) is 0 Å². The highest BCUT2D eigenvalue weighted by molar-refractivity contribution is 7.13. The normalized spacial score (nSPS) is 11.2. The second-order valence-corrected chi connectivity index (χ2v) is 7.01. The third-order valence-corrected chi connectivity index (χ3v) is 4.75. The number of carbonyl (C=O) groups excluding carboxylic acids is 1. The lowest BCUT2D eigenvalue weighted by molar-refractivity contribution is 0.0983. The maximum Gasteiger partial charge on any atom is 0.270 e. The molecule has 0 N–H and O–H groups in total. The van der Waals surface area contributed by atoms with E-state index in [4.69, 9.17) is 0 Å². The maximum atomic E-state index is 13.0. The number of para-hydroxylation sites is 1. The summed E-state index contributed by atoms with van der Waals surface area (Å²) in [6.45, 7) is 7.83. The third kappa shape index (κ3) is 2.97. The second kappa shape index (κ2) is 6.08. The van der Waals surface area contributed by atoms with Gasteiger partial charge in [0.15, 0.2) is 0 Å². The van der Waals surface area contributed by atoms with Crippen LogP contribution in [0.1, 0.15) is 34.2 Å². The van der Waals surface area contributed by atoms with Gasteiger partial charge >= 0.3 is 0 Å². The van der Waals surface area contributed by atoms with Crippen molar-refractivity contribution >= 4 is 33.8 Å². The summed E-state index contributed by atoms with van der Waals surface area (Å²) in [4.78, 5) is 24.4. The Morgan fingerprint density at radius 3 is 2.61 bits per heavy atom. The number of aromatic nitrogens is 2. The Morgan fingerprint density at radius 2 is 1.96 bits per heavy atom. The van der Waals surface area contributed by atoms with Crippen molar-refractivity contribution in [2.75, 3.05) is 4.90 Å². The lowest BCUT2D eigenvalue weighted by atomic mass is 10.1. The molecule has 4 nitrogen and oxygen atoms in total. The van der Waals surface area contributed by atoms with Crippen LogP contribution in [0.2, 0.25) is 0 Å². The number of fused-ring (bicyclic) bond motifs is 1. The molecule has 23 heavy (non-hydrogen) atoms. The number of benzene rings is 1. The van der Waals surface area contributed by atoms with Crippen LogP contribution in [0.5, 0.6) is 0 Å². The Balaban J connectivity index is 2.06. The molecule has 0 bridgehead atoms. The zero-order valence-electron chi connectivity index (χ0n) is 13.7. The van der Waals surface area contributed by atoms with E-state index >= 15 is 0 Å². The number of pyridine rings is 1. The van der Waals surface area contributed by atoms with Crippen LogP contribution in [-0.4, -0.2) is 21.9 Å². The van der Waals surface area contributed by atoms with Crippen LogP contribution in [0.4, 0.5) is 5.69 Å². The average Bonchev–Trinajstić information content (AvgIpc) is 2.85. The molecule has 2 heterocycles. The molecule has 0 atom stereocenters. The molecular formula is C18H19N3OS. The van der Waals surface area contributed by atoms with Crippen molar-refractivity contribution < 1.29 is 4.79 Å². The number of anilines is 1. The molecule has 0 aliphatic rings. The van der Waals surface area contributed by atoms with Crippen molar-refractivity contribution in [3.05, 3.63) is 52.1 Å². The van der Waals surface area contributed by atoms with Gasteiger partial charge in [0.2, 0.25) is 0 Å². The summed E-state index contributed by atoms with van der Waals surface area (Å²) >= 11 is 1.44. The molecule has 1 amide bonds. The van der Waals surface area contributed by atoms with Crippen molar-refractivity contribution in [3.63, 3.8) is 0 Å². The first kappa shape index (κ1) is 15.6. The van der Waals surface area contributed by atoms with E-state index in [1.54, 1.807) is 11.1 Å². The van der Waals surface area contributed by atoms with Gasteiger partial charge in [-0.15, -0.1) is 11.3 Å². The van der Waals surface area contributed by atoms with Gasteiger partial charge in [0, 0.05) is 11.4 Å². The summed E-state index contributed by atoms with van der Waals surface area (Å²) in [5.74, 6) is -0.0137. The molecule has 0 aliphatic heterocycles. The van der Waals surface area contributed by atoms with Gasteiger partial charge in [-0.05, 0) is 39.8 Å². The minimum absolute atomic E-state index is 0.0137. The van der Waals surface area contributed by atoms with Gasteiger partial charge < -0.3 is 4.90 Å². The first-order valence-corrected chi connectivity index (χ1v) is 8.41. The lowest BCUT2D eigenvalue weighted by Gasteiger charge is -2.26. The van der Waals surface area contributed by atoms with Gasteiger partial charge in [0.05, 0.1) is 28.1 Å². The zero-order chi connectivity index (χ0) is 16.6. The number of aryl methyl sites for hydroxylation is 2. The minimum atomic E-state index is -0.0137. The van der Waals surface area contributed by atoms with Gasteiger partial charge in [-0.2, -0.15) is 0 Å². The third-order valence-electron chi connectivity index (χ3n) is 3.69. The van der Waals surface area contributed by atoms with Crippen molar-refractivity contribution in [3.8, 4) is 0 Å². The first-order chi connectivity index (χ1) is 11.0. The SMILES string of the molecule is Cc1nc(C)c(C(=O)N(c2cnc3ccccc3c2)C(C)C)s1. The number of rotatable bonds is 3. The fraction of sp³-hybridized carbons (Fsp3) is 0.278. The van der Waals surface area contributed by atoms with Gasteiger partial charge in [0.25, 0.3) is 5.91 Å². The highest BCUT2D eigenvalue weighted by atomic mass is 32.1. The number of carbonyl (C=O) groups is 1. The topological polar surface area (TPSA) is 46.1 Å². The summed E-state index contributed by atoms with van der Waals surface area (Å²) in [5, 5.41) is 1.94. The molecule has 5 heteroatoms. The minimum Gasteiger partial charge on any atom is -0.304 e. The fourth-order valence-corrected chi connectivity index (χ4v) is 3.54. The predicted octanol–water partition coefficient (Wildman–Crippen LogP) is 4.36. The molecule has 0 unspecified atom stereocenters. The number of thiazole rings is 1. The van der Waals surface area contributed by atoms with Gasteiger partial charge in [-0.1, -0.05) is 18.2 Å². The van der Waals surface area contributed by atoms with Gasteiger partial charge in [-0.3, -0.25) is 9.78 Å². The Morgan fingerprint density at radius 1 is 1.22 bits per heavy atom. The highest BCUT2D eigenvalue weighted by Gasteiger charge is 2.25. The summed E-state index contributed by atoms with van der Waals surface area (Å²) < 4.78 is 0. The largest absolute Gasteiger partial charge is 0.304 e. The Hall–Kier alpha value is -2.27. The van der Waals surface area contributed by atoms with Crippen LogP contribution in [0.3, 0.4) is 0 Å². The predicted molar refractivity (Wildman–Crippen MR) is 95.3 cm³/mol. The molecule has 2 aromatic heterocycles. The molecule has 0 spiro atoms. The molecule has 0 saturated heterocycles. The number of nitrogens with zero attached hydrogens (tertiary/aromatic N) is 3. The summed E-state index contributed by atoms with van der Waals surface area (Å²) in [6, 6.07) is 9.97. The van der Waals surface area contributed by atoms with E-state index in [9.17, 15) is 4.79 Å². The number of hydrogen-bond donors (Lipinski definition) is 0. The summed E-state index contributed by atoms with van der Waals surface area (Å²) in [7, 11) is 0. The Labute approximate surface area is 139 Å². The Bertz CT molecular complexity index is 870. The molecular weight excluding hydrogens is 306 g/mol. The number of hydrogen-bond acceptors (Lipinski definition) is 4. The Kier molecular flexibility index (Phi) is 4.13. The lowest BCUT2D eigenvalue weighted by Crippen LogP contribution is -2.37. The van der Waals surface area contributed by atoms with E-state index in [2.05, 4.69) is 9.97 Å². The van der Waals surface area contributed by atoms with E-state index in [0.29, 0.717) is 4.88 Å². The monoisotopic (exact) mass is 325 g/mol. The van der Waals surface area contributed by atoms with Crippen LogP contribution < -0.4 is 4.90 Å². The van der Waals surface area contributed by atoms with Crippen LogP contribution in [0.25, 0.3) is 10.9 Å². The smallest absolute Gasteiger partial charge is 0.270 e. The maximum absolute atomic E-state index is 13.0. The summed E-state index contributed by atoms with van der Waals surface area (Å²) in [6.07, 6.45) is 1.77. The molecule has 0 radical (unpaired) electrons. The zero-order valence-corrected chi connectivity index (χ0v) is 14.5. The fourth-order valence-electron chi connectivity index (χ4n) is 2.68. The van der Waals surface area contributed by atoms with Crippen LogP contribution in [0, 0.1) is 13.8 Å². The van der Waals surface area contributed by atoms with Crippen LogP contribution in [0.15, 0.2) is 36.5 Å². The second-order valence-electron chi connectivity index (χ2n) is 5.80. The van der Waals surface area contributed by atoms with Crippen molar-refractivity contribution in [1.82, 2.24) is 9.97 Å². The van der Waals surface area contributed by atoms with E-state index in [1.807, 2.05) is 58.0 Å². The molecule has 0 saturated carbocycles. The summed E-state index contributed by atoms with van der Waals surface area (Å²) in [5.41, 5.74) is 2.53. The number of amides is 1. The van der Waals surface area contributed by atoms with E-state index in [0.717, 1.165) is 27.3 Å². The molecule has 0 fully saturated rings. The quantitative estimate of drug-likeness (QED) is 0.718. The van der Waals surface area contributed by atoms with Crippen molar-refractivity contribution in [2.45, 2.75) is 33.7 Å². The first-order valence-electron chi connectivity index (χ1n) is 7.59. The van der Waals surface area contributed by atoms with E-state index < -0.39 is 0 Å². The van der Waals surface area contributed by atoms with E-state index in [1.165, 1.54) is 11.3 Å². The molecule has 118 valence electrons. The van der Waals surface area contributed by atoms with Crippen LogP contribution in [-0.2, 0) is 0 Å². The molecule has 1 aromatic carbocycles. The van der Waals surface area contributed by atoms with Gasteiger partial charge in [0.1, 0.15) is 4.88 Å². The average molecular weight is 325 g/mol. The van der Waals surface area contributed by atoms with Gasteiger partial charge in [-0.25, -0.2) is 4.98 Å². The van der Waals surface area contributed by atoms with E-state index in [-0.39, 0.29) is 11.9 Å². The molecule has 3 aromatic rings. The van der Waals surface area contributed by atoms with Crippen molar-refractivity contribution in [1.29, 1.82) is 0 Å². The molecule has 3 rings (SSSR count). The van der Waals surface area contributed by atoms with Crippen LogP contribution >= 0.6 is 11.3 Å².